The van der Waals surface area contributed by atoms with Crippen molar-refractivity contribution in [1.82, 2.24) is 18.8 Å². The second-order valence-electron chi connectivity index (χ2n) is 8.81. The van der Waals surface area contributed by atoms with Crippen LogP contribution in [-0.2, 0) is 32.6 Å². The number of sulfonamides is 1. The van der Waals surface area contributed by atoms with Crippen LogP contribution in [0, 0.1) is 0 Å². The van der Waals surface area contributed by atoms with Crippen LogP contribution in [0.5, 0.6) is 0 Å². The van der Waals surface area contributed by atoms with Gasteiger partial charge in [-0.15, -0.1) is 0 Å². The third kappa shape index (κ3) is 5.08. The van der Waals surface area contributed by atoms with Gasteiger partial charge in [0.25, 0.3) is 0 Å². The van der Waals surface area contributed by atoms with E-state index in [0.29, 0.717) is 37.1 Å². The lowest BCUT2D eigenvalue weighted by Gasteiger charge is -2.24. The molecule has 1 aliphatic rings. The fourth-order valence-electron chi connectivity index (χ4n) is 4.52. The Labute approximate surface area is 205 Å². The first-order valence-electron chi connectivity index (χ1n) is 11.8. The zero-order chi connectivity index (χ0) is 25.2. The summed E-state index contributed by atoms with van der Waals surface area (Å²) in [7, 11) is -0.581. The van der Waals surface area contributed by atoms with E-state index >= 15 is 0 Å². The molecular formula is C25H31N5O4S. The number of fused-ring (bicyclic) bond motifs is 1. The average molecular weight is 498 g/mol. The number of aryl methyl sites for hydroxylation is 2. The van der Waals surface area contributed by atoms with Crippen molar-refractivity contribution >= 4 is 38.6 Å². The number of rotatable bonds is 8. The average Bonchev–Trinajstić information content (AvgIpc) is 3.47. The number of hydrogen-bond donors (Lipinski definition) is 1. The number of likely N-dealkylation sites (tertiary alicyclic amines) is 1. The molecule has 10 heteroatoms. The number of carbonyl (C=O) groups is 2. The molecule has 0 aliphatic carbocycles. The van der Waals surface area contributed by atoms with Crippen LogP contribution >= 0.6 is 0 Å². The van der Waals surface area contributed by atoms with Gasteiger partial charge in [0.2, 0.25) is 21.8 Å². The highest BCUT2D eigenvalue weighted by molar-refractivity contribution is 7.89. The third-order valence-corrected chi connectivity index (χ3v) is 8.18. The summed E-state index contributed by atoms with van der Waals surface area (Å²) in [5.74, 6) is 0.471. The van der Waals surface area contributed by atoms with E-state index in [9.17, 15) is 18.0 Å². The highest BCUT2D eigenvalue weighted by Gasteiger charge is 2.34. The van der Waals surface area contributed by atoms with Gasteiger partial charge < -0.3 is 14.8 Å². The van der Waals surface area contributed by atoms with E-state index in [4.69, 9.17) is 0 Å². The summed E-state index contributed by atoms with van der Waals surface area (Å²) in [5, 5.41) is 2.90. The van der Waals surface area contributed by atoms with Crippen molar-refractivity contribution < 1.29 is 18.0 Å². The van der Waals surface area contributed by atoms with Crippen LogP contribution in [0.1, 0.15) is 32.0 Å². The smallest absolute Gasteiger partial charge is 0.247 e. The molecule has 9 nitrogen and oxygen atoms in total. The van der Waals surface area contributed by atoms with Crippen molar-refractivity contribution in [3.05, 3.63) is 54.4 Å². The first kappa shape index (κ1) is 24.9. The molecule has 0 spiro atoms. The minimum atomic E-state index is -3.57. The van der Waals surface area contributed by atoms with Crippen molar-refractivity contribution in [2.24, 2.45) is 0 Å². The number of nitrogens with one attached hydrogen (secondary N) is 1. The van der Waals surface area contributed by atoms with E-state index in [1.54, 1.807) is 23.1 Å². The maximum Gasteiger partial charge on any atom is 0.247 e. The normalized spacial score (nSPS) is 16.2. The monoisotopic (exact) mass is 497 g/mol. The van der Waals surface area contributed by atoms with Crippen molar-refractivity contribution in [3.8, 4) is 0 Å². The fourth-order valence-corrected chi connectivity index (χ4v) is 5.44. The number of para-hydroxylation sites is 1. The minimum absolute atomic E-state index is 0.0821. The summed E-state index contributed by atoms with van der Waals surface area (Å²) in [6, 6.07) is 13.7. The lowest BCUT2D eigenvalue weighted by molar-refractivity contribution is -0.136. The van der Waals surface area contributed by atoms with Crippen LogP contribution in [0.2, 0.25) is 0 Å². The number of nitrogens with zero attached hydrogens (tertiary/aromatic N) is 4. The highest BCUT2D eigenvalue weighted by Crippen LogP contribution is 2.24. The van der Waals surface area contributed by atoms with Gasteiger partial charge in [0.1, 0.15) is 11.9 Å². The van der Waals surface area contributed by atoms with Crippen molar-refractivity contribution in [3.63, 3.8) is 0 Å². The molecule has 2 heterocycles. The van der Waals surface area contributed by atoms with E-state index < -0.39 is 16.1 Å². The van der Waals surface area contributed by atoms with Crippen LogP contribution in [-0.4, -0.2) is 65.7 Å². The molecule has 2 aromatic carbocycles. The molecule has 186 valence electrons. The van der Waals surface area contributed by atoms with Gasteiger partial charge in [-0.1, -0.05) is 18.2 Å². The summed E-state index contributed by atoms with van der Waals surface area (Å²) in [5.41, 5.74) is 2.12. The molecule has 0 bridgehead atoms. The fraction of sp³-hybridized carbons (Fsp3) is 0.400. The third-order valence-electron chi connectivity index (χ3n) is 6.37. The van der Waals surface area contributed by atoms with Crippen LogP contribution in [0.4, 0.5) is 5.69 Å². The Morgan fingerprint density at radius 2 is 1.89 bits per heavy atom. The Bertz CT molecular complexity index is 1330. The van der Waals surface area contributed by atoms with E-state index in [-0.39, 0.29) is 23.1 Å². The highest BCUT2D eigenvalue weighted by atomic mass is 32.2. The number of amides is 2. The Morgan fingerprint density at radius 1 is 1.14 bits per heavy atom. The van der Waals surface area contributed by atoms with Gasteiger partial charge in [-0.2, -0.15) is 0 Å². The Hall–Kier alpha value is -3.24. The number of imidazole rings is 1. The van der Waals surface area contributed by atoms with E-state index in [1.165, 1.54) is 18.4 Å². The van der Waals surface area contributed by atoms with Gasteiger partial charge in [0, 0.05) is 45.7 Å². The lowest BCUT2D eigenvalue weighted by Crippen LogP contribution is -2.43. The quantitative estimate of drug-likeness (QED) is 0.515. The van der Waals surface area contributed by atoms with Gasteiger partial charge in [0.05, 0.1) is 15.9 Å². The number of anilines is 1. The molecule has 2 amide bonds. The summed E-state index contributed by atoms with van der Waals surface area (Å²) >= 11 is 0. The van der Waals surface area contributed by atoms with E-state index in [1.807, 2.05) is 41.8 Å². The van der Waals surface area contributed by atoms with E-state index in [2.05, 4.69) is 10.3 Å². The Kier molecular flexibility index (Phi) is 7.23. The molecular weight excluding hydrogens is 466 g/mol. The molecule has 1 atom stereocenters. The predicted molar refractivity (Wildman–Crippen MR) is 134 cm³/mol. The van der Waals surface area contributed by atoms with Gasteiger partial charge in [-0.25, -0.2) is 17.7 Å². The van der Waals surface area contributed by atoms with Crippen LogP contribution in [0.3, 0.4) is 0 Å². The zero-order valence-corrected chi connectivity index (χ0v) is 21.1. The second-order valence-corrected chi connectivity index (χ2v) is 11.0. The zero-order valence-electron chi connectivity index (χ0n) is 20.3. The summed E-state index contributed by atoms with van der Waals surface area (Å²) in [6.45, 7) is 3.19. The Balaban J connectivity index is 1.48. The molecule has 0 saturated carbocycles. The summed E-state index contributed by atoms with van der Waals surface area (Å²) in [4.78, 5) is 32.4. The van der Waals surface area contributed by atoms with Gasteiger partial charge in [-0.05, 0) is 50.1 Å². The number of hydrogen-bond acceptors (Lipinski definition) is 5. The number of carbonyl (C=O) groups excluding carboxylic acids is 2. The summed E-state index contributed by atoms with van der Waals surface area (Å²) < 4.78 is 28.2. The first-order valence-corrected chi connectivity index (χ1v) is 13.2. The largest absolute Gasteiger partial charge is 0.331 e. The maximum atomic E-state index is 13.1. The standard InChI is InChI=1S/C25H31N5O4S/c1-4-29-21-13-12-19(35(33,34)28(2)3)17-20(21)27-23(29)14-15-24(31)30-16-8-11-22(30)25(32)26-18-9-6-5-7-10-18/h5-7,9-10,12-13,17,22H,4,8,11,14-16H2,1-3H3,(H,26,32)/t22-/m0/s1. The molecule has 4 rings (SSSR count). The first-order chi connectivity index (χ1) is 16.7. The molecule has 1 N–H and O–H groups in total. The van der Waals surface area contributed by atoms with Crippen molar-refractivity contribution in [2.45, 2.75) is 50.1 Å². The molecule has 0 unspecified atom stereocenters. The minimum Gasteiger partial charge on any atom is -0.331 e. The molecule has 1 fully saturated rings. The van der Waals surface area contributed by atoms with Crippen LogP contribution < -0.4 is 5.32 Å². The van der Waals surface area contributed by atoms with Gasteiger partial charge >= 0.3 is 0 Å². The maximum absolute atomic E-state index is 13.1. The van der Waals surface area contributed by atoms with Crippen molar-refractivity contribution in [1.29, 1.82) is 0 Å². The number of aromatic nitrogens is 2. The Morgan fingerprint density at radius 3 is 2.57 bits per heavy atom. The molecule has 3 aromatic rings. The van der Waals surface area contributed by atoms with Crippen LogP contribution in [0.25, 0.3) is 11.0 Å². The molecule has 1 aromatic heterocycles. The SMILES string of the molecule is CCn1c(CCC(=O)N2CCC[C@H]2C(=O)Nc2ccccc2)nc2cc(S(=O)(=O)N(C)C)ccc21. The van der Waals surface area contributed by atoms with E-state index in [0.717, 1.165) is 17.8 Å². The molecule has 0 radical (unpaired) electrons. The lowest BCUT2D eigenvalue weighted by atomic mass is 10.2. The molecule has 1 saturated heterocycles. The second kappa shape index (κ2) is 10.2. The van der Waals surface area contributed by atoms with Crippen LogP contribution in [0.15, 0.2) is 53.4 Å². The van der Waals surface area contributed by atoms with Crippen molar-refractivity contribution in [2.75, 3.05) is 26.0 Å². The molecule has 1 aliphatic heterocycles. The number of benzene rings is 2. The van der Waals surface area contributed by atoms with Gasteiger partial charge in [0.15, 0.2) is 0 Å². The topological polar surface area (TPSA) is 105 Å². The van der Waals surface area contributed by atoms with Gasteiger partial charge in [-0.3, -0.25) is 9.59 Å². The summed E-state index contributed by atoms with van der Waals surface area (Å²) in [6.07, 6.45) is 2.05. The molecule has 35 heavy (non-hydrogen) atoms. The predicted octanol–water partition coefficient (Wildman–Crippen LogP) is 2.87.